The maximum atomic E-state index is 12.5. The van der Waals surface area contributed by atoms with Gasteiger partial charge in [0.2, 0.25) is 0 Å². The van der Waals surface area contributed by atoms with Crippen LogP contribution in [0.2, 0.25) is 0 Å². The summed E-state index contributed by atoms with van der Waals surface area (Å²) in [6, 6.07) is 12.0. The zero-order valence-electron chi connectivity index (χ0n) is 13.1. The van der Waals surface area contributed by atoms with E-state index in [9.17, 15) is 9.90 Å². The van der Waals surface area contributed by atoms with Crippen LogP contribution in [-0.4, -0.2) is 24.2 Å². The van der Waals surface area contributed by atoms with Crippen molar-refractivity contribution in [3.05, 3.63) is 47.7 Å². The molecule has 2 N–H and O–H groups in total. The first kappa shape index (κ1) is 14.3. The van der Waals surface area contributed by atoms with E-state index in [1.807, 2.05) is 43.3 Å². The normalized spacial score (nSPS) is 15.9. The number of nitrogens with one attached hydrogen (secondary N) is 1. The maximum absolute atomic E-state index is 12.5. The van der Waals surface area contributed by atoms with Gasteiger partial charge < -0.3 is 14.8 Å². The topological polar surface area (TPSA) is 62.5 Å². The van der Waals surface area contributed by atoms with E-state index < -0.39 is 0 Å². The van der Waals surface area contributed by atoms with Crippen molar-refractivity contribution >= 4 is 27.6 Å². The zero-order valence-corrected chi connectivity index (χ0v) is 13.1. The molecule has 1 heterocycles. The van der Waals surface area contributed by atoms with E-state index in [1.165, 1.54) is 0 Å². The third-order valence-corrected chi connectivity index (χ3v) is 4.95. The number of aliphatic hydroxyl groups excluding tert-OH is 1. The first-order valence-corrected chi connectivity index (χ1v) is 7.93. The molecule has 0 spiro atoms. The van der Waals surface area contributed by atoms with Crippen LogP contribution in [0.3, 0.4) is 0 Å². The number of hydrogen-bond acceptors (Lipinski definition) is 3. The molecule has 1 amide bonds. The average molecular weight is 309 g/mol. The minimum absolute atomic E-state index is 0.109. The summed E-state index contributed by atoms with van der Waals surface area (Å²) in [5, 5.41) is 15.3. The Hall–Kier alpha value is -2.33. The molecule has 4 heteroatoms. The van der Waals surface area contributed by atoms with Crippen LogP contribution >= 0.6 is 0 Å². The van der Waals surface area contributed by atoms with Crippen LogP contribution in [0.4, 0.5) is 0 Å². The van der Waals surface area contributed by atoms with Crippen LogP contribution in [0.5, 0.6) is 0 Å². The molecule has 0 radical (unpaired) electrons. The molecule has 1 fully saturated rings. The third kappa shape index (κ3) is 2.30. The lowest BCUT2D eigenvalue weighted by Gasteiger charge is -2.11. The molecule has 23 heavy (non-hydrogen) atoms. The Morgan fingerprint density at radius 1 is 1.22 bits per heavy atom. The second-order valence-electron chi connectivity index (χ2n) is 6.56. The van der Waals surface area contributed by atoms with Crippen molar-refractivity contribution in [2.45, 2.75) is 19.8 Å². The Kier molecular flexibility index (Phi) is 3.16. The summed E-state index contributed by atoms with van der Waals surface area (Å²) >= 11 is 0. The van der Waals surface area contributed by atoms with Gasteiger partial charge in [-0.3, -0.25) is 4.79 Å². The van der Waals surface area contributed by atoms with Crippen LogP contribution in [0.15, 0.2) is 40.8 Å². The van der Waals surface area contributed by atoms with Crippen molar-refractivity contribution in [3.63, 3.8) is 0 Å². The summed E-state index contributed by atoms with van der Waals surface area (Å²) in [7, 11) is 0. The van der Waals surface area contributed by atoms with Gasteiger partial charge in [-0.1, -0.05) is 36.4 Å². The number of amides is 1. The largest absolute Gasteiger partial charge is 0.450 e. The number of aliphatic hydroxyl groups is 1. The van der Waals surface area contributed by atoms with Crippen molar-refractivity contribution in [1.82, 2.24) is 5.32 Å². The van der Waals surface area contributed by atoms with Gasteiger partial charge in [-0.15, -0.1) is 0 Å². The molecule has 1 saturated carbocycles. The maximum Gasteiger partial charge on any atom is 0.287 e. The standard InChI is InChI=1S/C19H19NO3/c1-12-14-7-6-13-4-2-3-5-15(13)17(14)23-16(12)18(22)20-10-19(11-21)8-9-19/h2-7,21H,8-11H2,1H3,(H,20,22). The Morgan fingerprint density at radius 3 is 2.74 bits per heavy atom. The number of rotatable bonds is 4. The van der Waals surface area contributed by atoms with E-state index in [4.69, 9.17) is 4.42 Å². The lowest BCUT2D eigenvalue weighted by atomic mass is 10.1. The van der Waals surface area contributed by atoms with Crippen LogP contribution in [-0.2, 0) is 0 Å². The predicted molar refractivity (Wildman–Crippen MR) is 89.5 cm³/mol. The minimum Gasteiger partial charge on any atom is -0.450 e. The highest BCUT2D eigenvalue weighted by molar-refractivity contribution is 6.08. The second kappa shape index (κ2) is 5.10. The molecule has 1 aliphatic rings. The molecule has 0 saturated heterocycles. The van der Waals surface area contributed by atoms with Gasteiger partial charge in [-0.25, -0.2) is 0 Å². The number of aryl methyl sites for hydroxylation is 1. The molecule has 1 aliphatic carbocycles. The summed E-state index contributed by atoms with van der Waals surface area (Å²) in [6.45, 7) is 2.53. The monoisotopic (exact) mass is 309 g/mol. The lowest BCUT2D eigenvalue weighted by Crippen LogP contribution is -2.31. The number of carbonyl (C=O) groups excluding carboxylic acids is 1. The highest BCUT2D eigenvalue weighted by Crippen LogP contribution is 2.44. The van der Waals surface area contributed by atoms with Gasteiger partial charge in [-0.05, 0) is 25.2 Å². The summed E-state index contributed by atoms with van der Waals surface area (Å²) in [5.41, 5.74) is 1.51. The van der Waals surface area contributed by atoms with Crippen molar-refractivity contribution in [2.75, 3.05) is 13.2 Å². The van der Waals surface area contributed by atoms with Gasteiger partial charge in [0.05, 0.1) is 6.61 Å². The quantitative estimate of drug-likeness (QED) is 0.776. The van der Waals surface area contributed by atoms with Gasteiger partial charge in [0.15, 0.2) is 5.76 Å². The fourth-order valence-electron chi connectivity index (χ4n) is 3.08. The first-order chi connectivity index (χ1) is 11.1. The number of hydrogen-bond donors (Lipinski definition) is 2. The summed E-state index contributed by atoms with van der Waals surface area (Å²) in [6.07, 6.45) is 1.93. The van der Waals surface area contributed by atoms with Crippen molar-refractivity contribution in [2.24, 2.45) is 5.41 Å². The first-order valence-electron chi connectivity index (χ1n) is 7.93. The molecule has 0 bridgehead atoms. The van der Waals surface area contributed by atoms with E-state index in [1.54, 1.807) is 0 Å². The van der Waals surface area contributed by atoms with Gasteiger partial charge >= 0.3 is 0 Å². The van der Waals surface area contributed by atoms with Gasteiger partial charge in [-0.2, -0.15) is 0 Å². The van der Waals surface area contributed by atoms with Crippen molar-refractivity contribution in [1.29, 1.82) is 0 Å². The Bertz CT molecular complexity index is 906. The highest BCUT2D eigenvalue weighted by atomic mass is 16.3. The smallest absolute Gasteiger partial charge is 0.287 e. The molecular formula is C19H19NO3. The third-order valence-electron chi connectivity index (χ3n) is 4.95. The molecule has 4 rings (SSSR count). The molecular weight excluding hydrogens is 290 g/mol. The fraction of sp³-hybridized carbons (Fsp3) is 0.316. The van der Waals surface area contributed by atoms with Crippen LogP contribution in [0.1, 0.15) is 29.0 Å². The van der Waals surface area contributed by atoms with Crippen LogP contribution in [0, 0.1) is 12.3 Å². The summed E-state index contributed by atoms with van der Waals surface area (Å²) < 4.78 is 5.92. The second-order valence-corrected chi connectivity index (χ2v) is 6.56. The average Bonchev–Trinajstić information content (AvgIpc) is 3.29. The van der Waals surface area contributed by atoms with Gasteiger partial charge in [0.1, 0.15) is 5.58 Å². The SMILES string of the molecule is Cc1c(C(=O)NCC2(CO)CC2)oc2c1ccc1ccccc12. The number of benzene rings is 2. The van der Waals surface area contributed by atoms with E-state index in [2.05, 4.69) is 5.32 Å². The van der Waals surface area contributed by atoms with E-state index in [0.29, 0.717) is 12.3 Å². The molecule has 0 atom stereocenters. The van der Waals surface area contributed by atoms with E-state index in [0.717, 1.165) is 40.1 Å². The molecule has 2 aromatic carbocycles. The molecule has 3 aromatic rings. The molecule has 0 aliphatic heterocycles. The Labute approximate surface area is 134 Å². The number of furan rings is 1. The molecule has 118 valence electrons. The van der Waals surface area contributed by atoms with Crippen LogP contribution < -0.4 is 5.32 Å². The van der Waals surface area contributed by atoms with Crippen molar-refractivity contribution in [3.8, 4) is 0 Å². The number of carbonyl (C=O) groups is 1. The molecule has 4 nitrogen and oxygen atoms in total. The molecule has 0 unspecified atom stereocenters. The fourth-order valence-corrected chi connectivity index (χ4v) is 3.08. The Balaban J connectivity index is 1.71. The Morgan fingerprint density at radius 2 is 2.00 bits per heavy atom. The van der Waals surface area contributed by atoms with E-state index in [-0.39, 0.29) is 17.9 Å². The predicted octanol–water partition coefficient (Wildman–Crippen LogP) is 3.40. The zero-order chi connectivity index (χ0) is 16.0. The minimum atomic E-state index is -0.206. The van der Waals surface area contributed by atoms with Gasteiger partial charge in [0, 0.05) is 28.3 Å². The van der Waals surface area contributed by atoms with E-state index >= 15 is 0 Å². The lowest BCUT2D eigenvalue weighted by molar-refractivity contribution is 0.0909. The number of fused-ring (bicyclic) bond motifs is 3. The highest BCUT2D eigenvalue weighted by Gasteiger charge is 2.42. The summed E-state index contributed by atoms with van der Waals surface area (Å²) in [4.78, 5) is 12.5. The summed E-state index contributed by atoms with van der Waals surface area (Å²) in [5.74, 6) is 0.160. The van der Waals surface area contributed by atoms with Crippen LogP contribution in [0.25, 0.3) is 21.7 Å². The van der Waals surface area contributed by atoms with Crippen molar-refractivity contribution < 1.29 is 14.3 Å². The molecule has 1 aromatic heterocycles. The van der Waals surface area contributed by atoms with Gasteiger partial charge in [0.25, 0.3) is 5.91 Å².